The number of hydrogen-bond acceptors (Lipinski definition) is 0. The lowest BCUT2D eigenvalue weighted by Crippen LogP contribution is -2.14. The monoisotopic (exact) mass is 344 g/mol. The molecule has 3 rings (SSSR count). The molecule has 0 heterocycles. The highest BCUT2D eigenvalue weighted by molar-refractivity contribution is 5.44. The van der Waals surface area contributed by atoms with Crippen molar-refractivity contribution in [2.24, 2.45) is 11.8 Å². The lowest BCUT2D eigenvalue weighted by molar-refractivity contribution is 0.289. The largest absolute Gasteiger partial charge is 0.0654 e. The van der Waals surface area contributed by atoms with Crippen molar-refractivity contribution >= 4 is 0 Å². The van der Waals surface area contributed by atoms with Gasteiger partial charge in [0.2, 0.25) is 0 Å². The fraction of sp³-hybridized carbons (Fsp3) is 0.462. The van der Waals surface area contributed by atoms with Crippen LogP contribution in [0.25, 0.3) is 0 Å². The molecule has 0 N–H and O–H groups in total. The third kappa shape index (κ3) is 5.77. The fourth-order valence-electron chi connectivity index (χ4n) is 3.87. The SMILES string of the molecule is CCCCc1ccc(C#Cc2ccc(CC3CCC(C)CC3)cc2)cc1. The summed E-state index contributed by atoms with van der Waals surface area (Å²) in [6, 6.07) is 17.6. The molecule has 0 unspecified atom stereocenters. The molecule has 0 heteroatoms. The van der Waals surface area contributed by atoms with Gasteiger partial charge in [0.25, 0.3) is 0 Å². The maximum Gasteiger partial charge on any atom is 0.0249 e. The van der Waals surface area contributed by atoms with Gasteiger partial charge < -0.3 is 0 Å². The first-order valence-electron chi connectivity index (χ1n) is 10.4. The van der Waals surface area contributed by atoms with Crippen molar-refractivity contribution in [3.63, 3.8) is 0 Å². The molecule has 0 spiro atoms. The summed E-state index contributed by atoms with van der Waals surface area (Å²) in [5, 5.41) is 0. The van der Waals surface area contributed by atoms with Gasteiger partial charge in [-0.1, -0.05) is 69.2 Å². The first-order chi connectivity index (χ1) is 12.7. The Hall–Kier alpha value is -2.00. The molecule has 1 aliphatic carbocycles. The van der Waals surface area contributed by atoms with Gasteiger partial charge in [-0.2, -0.15) is 0 Å². The van der Waals surface area contributed by atoms with Crippen LogP contribution in [0.15, 0.2) is 48.5 Å². The van der Waals surface area contributed by atoms with E-state index < -0.39 is 0 Å². The topological polar surface area (TPSA) is 0 Å². The van der Waals surface area contributed by atoms with E-state index in [1.807, 2.05) is 0 Å². The number of aryl methyl sites for hydroxylation is 1. The van der Waals surface area contributed by atoms with Gasteiger partial charge in [-0.15, -0.1) is 0 Å². The van der Waals surface area contributed by atoms with Crippen molar-refractivity contribution in [3.05, 3.63) is 70.8 Å². The standard InChI is InChI=1S/C26H32/c1-3-4-5-22-10-12-23(13-11-22)14-15-24-16-18-26(19-17-24)20-25-8-6-21(2)7-9-25/h10-13,16-19,21,25H,3-9,20H2,1-2H3. The molecule has 0 saturated heterocycles. The van der Waals surface area contributed by atoms with Crippen molar-refractivity contribution in [3.8, 4) is 11.8 Å². The summed E-state index contributed by atoms with van der Waals surface area (Å²) in [5.74, 6) is 8.43. The summed E-state index contributed by atoms with van der Waals surface area (Å²) in [4.78, 5) is 0. The van der Waals surface area contributed by atoms with Crippen molar-refractivity contribution in [2.45, 2.75) is 65.2 Å². The molecule has 0 aliphatic heterocycles. The van der Waals surface area contributed by atoms with Gasteiger partial charge in [0.15, 0.2) is 0 Å². The van der Waals surface area contributed by atoms with Gasteiger partial charge in [0.05, 0.1) is 0 Å². The van der Waals surface area contributed by atoms with Crippen LogP contribution < -0.4 is 0 Å². The average molecular weight is 345 g/mol. The normalized spacial score (nSPS) is 19.6. The summed E-state index contributed by atoms with van der Waals surface area (Å²) in [5.41, 5.74) is 5.10. The molecule has 1 fully saturated rings. The van der Waals surface area contributed by atoms with Crippen LogP contribution in [0.3, 0.4) is 0 Å². The first-order valence-corrected chi connectivity index (χ1v) is 10.4. The van der Waals surface area contributed by atoms with Crippen LogP contribution in [0.1, 0.15) is 74.6 Å². The molecule has 1 saturated carbocycles. The Bertz CT molecular complexity index is 716. The lowest BCUT2D eigenvalue weighted by Gasteiger charge is -2.26. The Morgan fingerprint density at radius 3 is 1.85 bits per heavy atom. The van der Waals surface area contributed by atoms with Gasteiger partial charge in [-0.3, -0.25) is 0 Å². The summed E-state index contributed by atoms with van der Waals surface area (Å²) >= 11 is 0. The quantitative estimate of drug-likeness (QED) is 0.523. The highest BCUT2D eigenvalue weighted by Crippen LogP contribution is 2.30. The van der Waals surface area contributed by atoms with Gasteiger partial charge in [0, 0.05) is 11.1 Å². The van der Waals surface area contributed by atoms with Crippen LogP contribution >= 0.6 is 0 Å². The van der Waals surface area contributed by atoms with E-state index in [0.29, 0.717) is 0 Å². The van der Waals surface area contributed by atoms with Crippen molar-refractivity contribution in [2.75, 3.05) is 0 Å². The highest BCUT2D eigenvalue weighted by Gasteiger charge is 2.18. The summed E-state index contributed by atoms with van der Waals surface area (Å²) in [6.07, 6.45) is 10.5. The zero-order valence-electron chi connectivity index (χ0n) is 16.4. The smallest absolute Gasteiger partial charge is 0.0249 e. The molecule has 26 heavy (non-hydrogen) atoms. The zero-order chi connectivity index (χ0) is 18.2. The predicted octanol–water partition coefficient (Wildman–Crippen LogP) is 6.80. The predicted molar refractivity (Wildman–Crippen MR) is 112 cm³/mol. The first kappa shape index (κ1) is 18.8. The third-order valence-corrected chi connectivity index (χ3v) is 5.74. The van der Waals surface area contributed by atoms with Crippen LogP contribution in [0.2, 0.25) is 0 Å². The Kier molecular flexibility index (Phi) is 6.96. The molecule has 0 bridgehead atoms. The van der Waals surface area contributed by atoms with Gasteiger partial charge in [0.1, 0.15) is 0 Å². The van der Waals surface area contributed by atoms with E-state index in [0.717, 1.165) is 23.0 Å². The molecule has 136 valence electrons. The summed E-state index contributed by atoms with van der Waals surface area (Å²) < 4.78 is 0. The molecule has 0 nitrogen and oxygen atoms in total. The minimum atomic E-state index is 0.884. The van der Waals surface area contributed by atoms with Crippen LogP contribution in [-0.2, 0) is 12.8 Å². The number of rotatable bonds is 5. The molecule has 1 aliphatic rings. The van der Waals surface area contributed by atoms with Gasteiger partial charge in [-0.25, -0.2) is 0 Å². The van der Waals surface area contributed by atoms with Crippen LogP contribution in [0.5, 0.6) is 0 Å². The van der Waals surface area contributed by atoms with E-state index in [9.17, 15) is 0 Å². The highest BCUT2D eigenvalue weighted by atomic mass is 14.2. The molecule has 0 atom stereocenters. The van der Waals surface area contributed by atoms with E-state index in [4.69, 9.17) is 0 Å². The molecule has 2 aromatic carbocycles. The third-order valence-electron chi connectivity index (χ3n) is 5.74. The van der Waals surface area contributed by atoms with E-state index in [-0.39, 0.29) is 0 Å². The maximum atomic E-state index is 3.31. The minimum Gasteiger partial charge on any atom is -0.0654 e. The average Bonchev–Trinajstić information content (AvgIpc) is 2.68. The minimum absolute atomic E-state index is 0.884. The van der Waals surface area contributed by atoms with Gasteiger partial charge >= 0.3 is 0 Å². The molecular formula is C26H32. The molecular weight excluding hydrogens is 312 g/mol. The van der Waals surface area contributed by atoms with Crippen molar-refractivity contribution < 1.29 is 0 Å². The van der Waals surface area contributed by atoms with Crippen LogP contribution in [0, 0.1) is 23.7 Å². The number of hydrogen-bond donors (Lipinski definition) is 0. The Balaban J connectivity index is 1.55. The zero-order valence-corrected chi connectivity index (χ0v) is 16.4. The molecule has 2 aromatic rings. The van der Waals surface area contributed by atoms with E-state index in [1.165, 1.54) is 62.5 Å². The van der Waals surface area contributed by atoms with Crippen LogP contribution in [-0.4, -0.2) is 0 Å². The Morgan fingerprint density at radius 1 is 0.769 bits per heavy atom. The van der Waals surface area contributed by atoms with Gasteiger partial charge in [-0.05, 0) is 79.3 Å². The van der Waals surface area contributed by atoms with E-state index in [2.05, 4.69) is 74.2 Å². The Labute approximate surface area is 160 Å². The molecule has 0 amide bonds. The lowest BCUT2D eigenvalue weighted by atomic mass is 9.80. The Morgan fingerprint density at radius 2 is 1.31 bits per heavy atom. The second-order valence-electron chi connectivity index (χ2n) is 8.08. The number of benzene rings is 2. The summed E-state index contributed by atoms with van der Waals surface area (Å²) in [7, 11) is 0. The van der Waals surface area contributed by atoms with E-state index in [1.54, 1.807) is 0 Å². The molecule has 0 aromatic heterocycles. The summed E-state index contributed by atoms with van der Waals surface area (Å²) in [6.45, 7) is 4.63. The second-order valence-corrected chi connectivity index (χ2v) is 8.08. The van der Waals surface area contributed by atoms with Crippen molar-refractivity contribution in [1.29, 1.82) is 0 Å². The van der Waals surface area contributed by atoms with E-state index >= 15 is 0 Å². The van der Waals surface area contributed by atoms with Crippen molar-refractivity contribution in [1.82, 2.24) is 0 Å². The molecule has 0 radical (unpaired) electrons. The number of unbranched alkanes of at least 4 members (excludes halogenated alkanes) is 1. The van der Waals surface area contributed by atoms with Crippen LogP contribution in [0.4, 0.5) is 0 Å². The maximum absolute atomic E-state index is 3.31. The fourth-order valence-corrected chi connectivity index (χ4v) is 3.87. The second kappa shape index (κ2) is 9.63.